The van der Waals surface area contributed by atoms with E-state index in [1.54, 1.807) is 41.0 Å². The van der Waals surface area contributed by atoms with E-state index in [1.165, 1.54) is 0 Å². The lowest BCUT2D eigenvalue weighted by Gasteiger charge is -2.34. The highest BCUT2D eigenvalue weighted by atomic mass is 16.2. The van der Waals surface area contributed by atoms with Gasteiger partial charge in [0.15, 0.2) is 0 Å². The third-order valence-corrected chi connectivity index (χ3v) is 4.70. The summed E-state index contributed by atoms with van der Waals surface area (Å²) in [6.07, 6.45) is 0. The number of rotatable bonds is 4. The molecule has 27 heavy (non-hydrogen) atoms. The van der Waals surface area contributed by atoms with Crippen molar-refractivity contribution in [3.05, 3.63) is 71.3 Å². The summed E-state index contributed by atoms with van der Waals surface area (Å²) < 4.78 is 0. The first-order valence-electron chi connectivity index (χ1n) is 9.01. The Balaban J connectivity index is 1.53. The van der Waals surface area contributed by atoms with Gasteiger partial charge < -0.3 is 15.1 Å². The molecule has 0 aromatic heterocycles. The second kappa shape index (κ2) is 8.49. The molecule has 3 rings (SSSR count). The molecule has 1 N–H and O–H groups in total. The molecule has 0 atom stereocenters. The Hall–Kier alpha value is -3.15. The minimum absolute atomic E-state index is 0.0296. The number of amides is 3. The Kier molecular flexibility index (Phi) is 5.86. The second-order valence-corrected chi connectivity index (χ2v) is 6.54. The number of benzene rings is 2. The molecule has 0 aliphatic carbocycles. The number of carbonyl (C=O) groups is 3. The Morgan fingerprint density at radius 1 is 0.815 bits per heavy atom. The largest absolute Gasteiger partial charge is 0.348 e. The lowest BCUT2D eigenvalue weighted by molar-refractivity contribution is -0.130. The van der Waals surface area contributed by atoms with Crippen LogP contribution in [0.15, 0.2) is 54.6 Å². The van der Waals surface area contributed by atoms with Crippen LogP contribution in [0.1, 0.15) is 33.2 Å². The Labute approximate surface area is 158 Å². The number of piperazine rings is 1. The van der Waals surface area contributed by atoms with Gasteiger partial charge >= 0.3 is 0 Å². The minimum Gasteiger partial charge on any atom is -0.348 e. The van der Waals surface area contributed by atoms with Crippen molar-refractivity contribution in [2.75, 3.05) is 26.2 Å². The van der Waals surface area contributed by atoms with E-state index in [2.05, 4.69) is 5.32 Å². The number of hydrogen-bond donors (Lipinski definition) is 1. The van der Waals surface area contributed by atoms with Crippen molar-refractivity contribution in [2.45, 2.75) is 13.5 Å². The molecule has 0 bridgehead atoms. The van der Waals surface area contributed by atoms with Crippen molar-refractivity contribution >= 4 is 17.7 Å². The van der Waals surface area contributed by atoms with Crippen LogP contribution in [-0.2, 0) is 11.3 Å². The van der Waals surface area contributed by atoms with Crippen molar-refractivity contribution in [3.63, 3.8) is 0 Å². The minimum atomic E-state index is -0.126. The molecule has 6 heteroatoms. The number of carbonyl (C=O) groups excluding carboxylic acids is 3. The van der Waals surface area contributed by atoms with Gasteiger partial charge in [-0.1, -0.05) is 30.3 Å². The molecule has 2 aromatic carbocycles. The Bertz CT molecular complexity index is 810. The predicted octanol–water partition coefficient (Wildman–Crippen LogP) is 1.92. The zero-order valence-electron chi connectivity index (χ0n) is 15.4. The van der Waals surface area contributed by atoms with E-state index in [4.69, 9.17) is 0 Å². The van der Waals surface area contributed by atoms with Gasteiger partial charge in [0.25, 0.3) is 11.8 Å². The van der Waals surface area contributed by atoms with Gasteiger partial charge in [0.1, 0.15) is 0 Å². The first-order chi connectivity index (χ1) is 13.0. The molecule has 2 aromatic rings. The fourth-order valence-electron chi connectivity index (χ4n) is 3.05. The standard InChI is InChI=1S/C21H23N3O3/c1-16(25)23-11-13-24(14-12-23)21(27)19-9-7-17(8-10-19)15-22-20(26)18-5-3-2-4-6-18/h2-10H,11-15H2,1H3,(H,22,26). The van der Waals surface area contributed by atoms with E-state index in [9.17, 15) is 14.4 Å². The van der Waals surface area contributed by atoms with Crippen molar-refractivity contribution < 1.29 is 14.4 Å². The highest BCUT2D eigenvalue weighted by Gasteiger charge is 2.23. The lowest BCUT2D eigenvalue weighted by atomic mass is 10.1. The fourth-order valence-corrected chi connectivity index (χ4v) is 3.05. The highest BCUT2D eigenvalue weighted by Crippen LogP contribution is 2.11. The van der Waals surface area contributed by atoms with E-state index >= 15 is 0 Å². The zero-order chi connectivity index (χ0) is 19.2. The predicted molar refractivity (Wildman–Crippen MR) is 102 cm³/mol. The summed E-state index contributed by atoms with van der Waals surface area (Å²) in [5.74, 6) is -0.110. The monoisotopic (exact) mass is 365 g/mol. The first-order valence-corrected chi connectivity index (χ1v) is 9.01. The molecule has 1 fully saturated rings. The molecule has 6 nitrogen and oxygen atoms in total. The van der Waals surface area contributed by atoms with Crippen LogP contribution in [0.5, 0.6) is 0 Å². The van der Waals surface area contributed by atoms with Crippen LogP contribution in [0.2, 0.25) is 0 Å². The highest BCUT2D eigenvalue weighted by molar-refractivity contribution is 5.95. The van der Waals surface area contributed by atoms with E-state index in [1.807, 2.05) is 30.3 Å². The molecule has 1 saturated heterocycles. The van der Waals surface area contributed by atoms with Crippen LogP contribution >= 0.6 is 0 Å². The van der Waals surface area contributed by atoms with Crippen molar-refractivity contribution in [1.29, 1.82) is 0 Å². The van der Waals surface area contributed by atoms with Crippen molar-refractivity contribution in [2.24, 2.45) is 0 Å². The maximum atomic E-state index is 12.6. The molecular formula is C21H23N3O3. The molecular weight excluding hydrogens is 342 g/mol. The molecule has 1 aliphatic rings. The summed E-state index contributed by atoms with van der Waals surface area (Å²) in [5.41, 5.74) is 2.16. The van der Waals surface area contributed by atoms with Gasteiger partial charge in [-0.2, -0.15) is 0 Å². The number of hydrogen-bond acceptors (Lipinski definition) is 3. The SMILES string of the molecule is CC(=O)N1CCN(C(=O)c2ccc(CNC(=O)c3ccccc3)cc2)CC1. The van der Waals surface area contributed by atoms with Crippen LogP contribution in [0.4, 0.5) is 0 Å². The maximum absolute atomic E-state index is 12.6. The van der Waals surface area contributed by atoms with Gasteiger partial charge in [0.2, 0.25) is 5.91 Å². The summed E-state index contributed by atoms with van der Waals surface area (Å²) in [6.45, 7) is 4.20. The van der Waals surface area contributed by atoms with Crippen molar-refractivity contribution in [3.8, 4) is 0 Å². The topological polar surface area (TPSA) is 69.7 Å². The van der Waals surface area contributed by atoms with Crippen LogP contribution in [0.3, 0.4) is 0 Å². The van der Waals surface area contributed by atoms with Crippen LogP contribution in [-0.4, -0.2) is 53.7 Å². The number of nitrogens with one attached hydrogen (secondary N) is 1. The van der Waals surface area contributed by atoms with Crippen LogP contribution in [0.25, 0.3) is 0 Å². The summed E-state index contributed by atoms with van der Waals surface area (Å²) in [4.78, 5) is 39.6. The summed E-state index contributed by atoms with van der Waals surface area (Å²) in [5, 5.41) is 2.87. The third kappa shape index (κ3) is 4.73. The van der Waals surface area contributed by atoms with E-state index < -0.39 is 0 Å². The molecule has 0 saturated carbocycles. The summed E-state index contributed by atoms with van der Waals surface area (Å²) in [7, 11) is 0. The Morgan fingerprint density at radius 2 is 1.41 bits per heavy atom. The molecule has 0 spiro atoms. The lowest BCUT2D eigenvalue weighted by Crippen LogP contribution is -2.50. The van der Waals surface area contributed by atoms with Crippen LogP contribution in [0, 0.1) is 0 Å². The Morgan fingerprint density at radius 3 is 2.00 bits per heavy atom. The van der Waals surface area contributed by atoms with Gasteiger partial charge in [0, 0.05) is 50.8 Å². The summed E-state index contributed by atoms with van der Waals surface area (Å²) >= 11 is 0. The molecule has 140 valence electrons. The van der Waals surface area contributed by atoms with Gasteiger partial charge in [-0.25, -0.2) is 0 Å². The average molecular weight is 365 g/mol. The van der Waals surface area contributed by atoms with Crippen LogP contribution < -0.4 is 5.32 Å². The summed E-state index contributed by atoms with van der Waals surface area (Å²) in [6, 6.07) is 16.3. The average Bonchev–Trinajstić information content (AvgIpc) is 2.72. The number of nitrogens with zero attached hydrogens (tertiary/aromatic N) is 2. The third-order valence-electron chi connectivity index (χ3n) is 4.70. The molecule has 0 unspecified atom stereocenters. The van der Waals surface area contributed by atoms with E-state index in [0.717, 1.165) is 5.56 Å². The smallest absolute Gasteiger partial charge is 0.253 e. The molecule has 3 amide bonds. The van der Waals surface area contributed by atoms with Crippen molar-refractivity contribution in [1.82, 2.24) is 15.1 Å². The zero-order valence-corrected chi connectivity index (χ0v) is 15.4. The molecule has 0 radical (unpaired) electrons. The quantitative estimate of drug-likeness (QED) is 0.900. The van der Waals surface area contributed by atoms with Gasteiger partial charge in [0.05, 0.1) is 0 Å². The maximum Gasteiger partial charge on any atom is 0.253 e. The molecule has 1 heterocycles. The normalized spacial score (nSPS) is 14.0. The molecule has 1 aliphatic heterocycles. The first kappa shape index (κ1) is 18.6. The fraction of sp³-hybridized carbons (Fsp3) is 0.286. The van der Waals surface area contributed by atoms with Gasteiger partial charge in [-0.3, -0.25) is 14.4 Å². The van der Waals surface area contributed by atoms with Gasteiger partial charge in [-0.05, 0) is 29.8 Å². The van der Waals surface area contributed by atoms with Gasteiger partial charge in [-0.15, -0.1) is 0 Å². The second-order valence-electron chi connectivity index (χ2n) is 6.54. The van der Waals surface area contributed by atoms with E-state index in [0.29, 0.717) is 43.9 Å². The van der Waals surface area contributed by atoms with E-state index in [-0.39, 0.29) is 17.7 Å².